The molecule has 1 atom stereocenters. The second-order valence-electron chi connectivity index (χ2n) is 4.97. The second kappa shape index (κ2) is 9.21. The molecule has 0 radical (unpaired) electrons. The molecule has 92 valence electrons. The Hall–Kier alpha value is -0.0400. The summed E-state index contributed by atoms with van der Waals surface area (Å²) in [5.41, 5.74) is 6.40. The molecule has 1 nitrogen and oxygen atoms in total. The Morgan fingerprint density at radius 1 is 0.800 bits per heavy atom. The van der Waals surface area contributed by atoms with E-state index in [2.05, 4.69) is 20.8 Å². The van der Waals surface area contributed by atoms with Crippen molar-refractivity contribution < 1.29 is 0 Å². The van der Waals surface area contributed by atoms with E-state index in [0.717, 1.165) is 6.54 Å². The van der Waals surface area contributed by atoms with E-state index >= 15 is 0 Å². The normalized spacial score (nSPS) is 15.2. The van der Waals surface area contributed by atoms with Gasteiger partial charge in [0.2, 0.25) is 0 Å². The Balaban J connectivity index is 3.74. The highest BCUT2D eigenvalue weighted by Gasteiger charge is 2.24. The van der Waals surface area contributed by atoms with Crippen LogP contribution in [0.1, 0.15) is 78.6 Å². The average molecular weight is 213 g/mol. The summed E-state index contributed by atoms with van der Waals surface area (Å²) in [6.45, 7) is 7.73. The molecular formula is C14H31N. The van der Waals surface area contributed by atoms with Gasteiger partial charge in [0.25, 0.3) is 0 Å². The smallest absolute Gasteiger partial charge is 0.00206 e. The molecule has 0 bridgehead atoms. The van der Waals surface area contributed by atoms with Gasteiger partial charge in [0.15, 0.2) is 0 Å². The van der Waals surface area contributed by atoms with Crippen molar-refractivity contribution in [1.29, 1.82) is 0 Å². The molecule has 1 heteroatoms. The van der Waals surface area contributed by atoms with Gasteiger partial charge in [0.1, 0.15) is 0 Å². The fourth-order valence-corrected chi connectivity index (χ4v) is 2.46. The summed E-state index contributed by atoms with van der Waals surface area (Å²) < 4.78 is 0. The standard InChI is InChI=1S/C14H31N/c1-4-7-8-9-10-12-14(6-3,13-15)11-5-2/h4-13,15H2,1-3H3. The third-order valence-corrected chi connectivity index (χ3v) is 3.77. The zero-order valence-corrected chi connectivity index (χ0v) is 11.1. The van der Waals surface area contributed by atoms with Crippen molar-refractivity contribution in [2.24, 2.45) is 11.1 Å². The largest absolute Gasteiger partial charge is 0.330 e. The minimum atomic E-state index is 0.459. The summed E-state index contributed by atoms with van der Waals surface area (Å²) in [4.78, 5) is 0. The minimum absolute atomic E-state index is 0.459. The van der Waals surface area contributed by atoms with E-state index in [9.17, 15) is 0 Å². The lowest BCUT2D eigenvalue weighted by molar-refractivity contribution is 0.228. The van der Waals surface area contributed by atoms with Crippen LogP contribution in [0.3, 0.4) is 0 Å². The van der Waals surface area contributed by atoms with E-state index in [1.807, 2.05) is 0 Å². The highest BCUT2D eigenvalue weighted by atomic mass is 14.6. The second-order valence-corrected chi connectivity index (χ2v) is 4.97. The maximum Gasteiger partial charge on any atom is -0.00206 e. The van der Waals surface area contributed by atoms with Gasteiger partial charge in [0.05, 0.1) is 0 Å². The Labute approximate surface area is 96.8 Å². The van der Waals surface area contributed by atoms with Gasteiger partial charge in [0, 0.05) is 0 Å². The molecule has 0 amide bonds. The van der Waals surface area contributed by atoms with E-state index in [1.54, 1.807) is 0 Å². The van der Waals surface area contributed by atoms with Gasteiger partial charge in [-0.05, 0) is 31.2 Å². The first-order chi connectivity index (χ1) is 7.24. The third-order valence-electron chi connectivity index (χ3n) is 3.77. The van der Waals surface area contributed by atoms with Gasteiger partial charge < -0.3 is 5.73 Å². The lowest BCUT2D eigenvalue weighted by atomic mass is 9.76. The van der Waals surface area contributed by atoms with Gasteiger partial charge >= 0.3 is 0 Å². The van der Waals surface area contributed by atoms with Crippen LogP contribution in [0.15, 0.2) is 0 Å². The molecule has 0 aliphatic heterocycles. The topological polar surface area (TPSA) is 26.0 Å². The number of hydrogen-bond donors (Lipinski definition) is 1. The Morgan fingerprint density at radius 3 is 1.93 bits per heavy atom. The van der Waals surface area contributed by atoms with E-state index in [4.69, 9.17) is 5.73 Å². The summed E-state index contributed by atoms with van der Waals surface area (Å²) in [5.74, 6) is 0. The lowest BCUT2D eigenvalue weighted by Gasteiger charge is -2.31. The fourth-order valence-electron chi connectivity index (χ4n) is 2.46. The summed E-state index contributed by atoms with van der Waals surface area (Å²) >= 11 is 0. The van der Waals surface area contributed by atoms with Crippen LogP contribution < -0.4 is 5.73 Å². The van der Waals surface area contributed by atoms with Crippen LogP contribution in [0.25, 0.3) is 0 Å². The number of nitrogens with two attached hydrogens (primary N) is 1. The zero-order chi connectivity index (χ0) is 11.6. The molecule has 0 aromatic rings. The van der Waals surface area contributed by atoms with E-state index in [1.165, 1.54) is 57.8 Å². The maximum atomic E-state index is 5.95. The average Bonchev–Trinajstić information content (AvgIpc) is 2.27. The number of rotatable bonds is 10. The molecule has 0 aromatic carbocycles. The van der Waals surface area contributed by atoms with Crippen molar-refractivity contribution >= 4 is 0 Å². The van der Waals surface area contributed by atoms with Crippen LogP contribution in [-0.2, 0) is 0 Å². The van der Waals surface area contributed by atoms with Crippen molar-refractivity contribution in [2.75, 3.05) is 6.54 Å². The van der Waals surface area contributed by atoms with Crippen LogP contribution >= 0.6 is 0 Å². The lowest BCUT2D eigenvalue weighted by Crippen LogP contribution is -2.29. The van der Waals surface area contributed by atoms with Crippen LogP contribution in [0.2, 0.25) is 0 Å². The molecule has 2 N–H and O–H groups in total. The molecule has 0 aliphatic rings. The summed E-state index contributed by atoms with van der Waals surface area (Å²) in [5, 5.41) is 0. The SMILES string of the molecule is CCCCCCCC(CC)(CN)CCC. The Bertz CT molecular complexity index is 127. The highest BCUT2D eigenvalue weighted by molar-refractivity contribution is 4.78. The van der Waals surface area contributed by atoms with Gasteiger partial charge in [-0.25, -0.2) is 0 Å². The van der Waals surface area contributed by atoms with E-state index < -0.39 is 0 Å². The van der Waals surface area contributed by atoms with Crippen molar-refractivity contribution in [1.82, 2.24) is 0 Å². The van der Waals surface area contributed by atoms with Crippen LogP contribution in [-0.4, -0.2) is 6.54 Å². The molecule has 0 rings (SSSR count). The third kappa shape index (κ3) is 6.19. The summed E-state index contributed by atoms with van der Waals surface area (Å²) in [7, 11) is 0. The molecule has 15 heavy (non-hydrogen) atoms. The predicted molar refractivity (Wildman–Crippen MR) is 70.1 cm³/mol. The van der Waals surface area contributed by atoms with Gasteiger partial charge in [-0.15, -0.1) is 0 Å². The molecule has 0 heterocycles. The molecule has 0 fully saturated rings. The van der Waals surface area contributed by atoms with Crippen molar-refractivity contribution in [3.05, 3.63) is 0 Å². The fraction of sp³-hybridized carbons (Fsp3) is 1.00. The van der Waals surface area contributed by atoms with Crippen molar-refractivity contribution in [3.63, 3.8) is 0 Å². The van der Waals surface area contributed by atoms with Crippen LogP contribution in [0.4, 0.5) is 0 Å². The van der Waals surface area contributed by atoms with E-state index in [0.29, 0.717) is 5.41 Å². The molecule has 0 aliphatic carbocycles. The monoisotopic (exact) mass is 213 g/mol. The Morgan fingerprint density at radius 2 is 1.47 bits per heavy atom. The maximum absolute atomic E-state index is 5.95. The first kappa shape index (κ1) is 15.0. The van der Waals surface area contributed by atoms with Gasteiger partial charge in [-0.1, -0.05) is 59.3 Å². The van der Waals surface area contributed by atoms with Crippen molar-refractivity contribution in [3.8, 4) is 0 Å². The van der Waals surface area contributed by atoms with Crippen LogP contribution in [0.5, 0.6) is 0 Å². The van der Waals surface area contributed by atoms with Crippen LogP contribution in [0, 0.1) is 5.41 Å². The molecule has 0 aromatic heterocycles. The number of hydrogen-bond acceptors (Lipinski definition) is 1. The van der Waals surface area contributed by atoms with Gasteiger partial charge in [-0.2, -0.15) is 0 Å². The molecule has 0 spiro atoms. The first-order valence-corrected chi connectivity index (χ1v) is 6.94. The molecular weight excluding hydrogens is 182 g/mol. The molecule has 1 unspecified atom stereocenters. The first-order valence-electron chi connectivity index (χ1n) is 6.94. The zero-order valence-electron chi connectivity index (χ0n) is 11.1. The van der Waals surface area contributed by atoms with Gasteiger partial charge in [-0.3, -0.25) is 0 Å². The molecule has 0 saturated carbocycles. The minimum Gasteiger partial charge on any atom is -0.330 e. The summed E-state index contributed by atoms with van der Waals surface area (Å²) in [6.07, 6.45) is 12.1. The van der Waals surface area contributed by atoms with E-state index in [-0.39, 0.29) is 0 Å². The van der Waals surface area contributed by atoms with Crippen molar-refractivity contribution in [2.45, 2.75) is 78.6 Å². The Kier molecular flexibility index (Phi) is 9.18. The highest BCUT2D eigenvalue weighted by Crippen LogP contribution is 2.33. The quantitative estimate of drug-likeness (QED) is 0.531. The summed E-state index contributed by atoms with van der Waals surface area (Å²) in [6, 6.07) is 0. The molecule has 0 saturated heterocycles. The predicted octanol–water partition coefficient (Wildman–Crippen LogP) is 4.50. The number of unbranched alkanes of at least 4 members (excludes halogenated alkanes) is 4.